The van der Waals surface area contributed by atoms with Crippen molar-refractivity contribution >= 4 is 23.2 Å². The van der Waals surface area contributed by atoms with Gasteiger partial charge in [-0.15, -0.1) is 11.3 Å². The van der Waals surface area contributed by atoms with E-state index in [1.807, 2.05) is 0 Å². The van der Waals surface area contributed by atoms with Crippen LogP contribution in [0.3, 0.4) is 0 Å². The minimum atomic E-state index is -2.89. The summed E-state index contributed by atoms with van der Waals surface area (Å²) in [7, 11) is 0. The summed E-state index contributed by atoms with van der Waals surface area (Å²) in [4.78, 5) is 27.2. The molecule has 9 heteroatoms. The number of alkyl halides is 2. The normalized spacial score (nSPS) is 21.0. The van der Waals surface area contributed by atoms with Gasteiger partial charge < -0.3 is 11.4 Å². The van der Waals surface area contributed by atoms with Gasteiger partial charge >= 0.3 is 57.4 Å². The molecule has 100 valence electrons. The van der Waals surface area contributed by atoms with Crippen LogP contribution >= 0.6 is 11.3 Å². The molecule has 0 spiro atoms. The number of aromatic carboxylic acids is 1. The van der Waals surface area contributed by atoms with Crippen LogP contribution in [0.2, 0.25) is 0 Å². The fourth-order valence-corrected chi connectivity index (χ4v) is 2.53. The number of rotatable bonds is 2. The van der Waals surface area contributed by atoms with E-state index in [0.29, 0.717) is 0 Å². The van der Waals surface area contributed by atoms with Crippen LogP contribution in [0, 0.1) is 0 Å². The average Bonchev–Trinajstić information content (AvgIpc) is 2.81. The smallest absolute Gasteiger partial charge is 1.00 e. The van der Waals surface area contributed by atoms with Crippen LogP contribution in [0.15, 0.2) is 5.38 Å². The van der Waals surface area contributed by atoms with E-state index in [1.54, 1.807) is 0 Å². The topological polar surface area (TPSA) is 70.5 Å². The maximum absolute atomic E-state index is 13.1. The Balaban J connectivity index is 0.00000180. The van der Waals surface area contributed by atoms with Gasteiger partial charge in [-0.25, -0.2) is 18.6 Å². The predicted octanol–water partition coefficient (Wildman–Crippen LogP) is -1.17. The number of hydrogen-bond donors (Lipinski definition) is 1. The summed E-state index contributed by atoms with van der Waals surface area (Å²) in [5, 5.41) is 9.73. The van der Waals surface area contributed by atoms with E-state index in [9.17, 15) is 18.4 Å². The van der Waals surface area contributed by atoms with Gasteiger partial charge in [0.1, 0.15) is 5.69 Å². The van der Waals surface area contributed by atoms with Gasteiger partial charge in [-0.3, -0.25) is 4.79 Å². The molecule has 0 saturated carbocycles. The molecule has 1 aliphatic rings. The van der Waals surface area contributed by atoms with Gasteiger partial charge in [0, 0.05) is 17.8 Å². The summed E-state index contributed by atoms with van der Waals surface area (Å²) in [6.07, 6.45) is -0.380. The number of carbonyl (C=O) groups excluding carboxylic acids is 1. The number of hydrogen-bond acceptors (Lipinski definition) is 4. The Bertz CT molecular complexity index is 514. The number of aromatic nitrogens is 1. The number of nitrogens with zero attached hydrogens (tertiary/aromatic N) is 2. The van der Waals surface area contributed by atoms with E-state index in [1.165, 1.54) is 12.3 Å². The molecule has 1 aromatic rings. The van der Waals surface area contributed by atoms with Crippen LogP contribution in [0.4, 0.5) is 8.78 Å². The third-order valence-corrected chi connectivity index (χ3v) is 3.53. The van der Waals surface area contributed by atoms with Crippen LogP contribution in [0.5, 0.6) is 0 Å². The van der Waals surface area contributed by atoms with E-state index in [0.717, 1.165) is 16.2 Å². The zero-order valence-electron chi connectivity index (χ0n) is 11.4. The van der Waals surface area contributed by atoms with Crippen LogP contribution in [-0.2, 0) is 0 Å². The SMILES string of the molecule is C[C@H]1CC(F)(F)CN1C(=O)c1csc(C(=O)O)n1.[H-].[K+]. The largest absolute Gasteiger partial charge is 1.00 e. The van der Waals surface area contributed by atoms with Crippen molar-refractivity contribution in [1.82, 2.24) is 9.88 Å². The molecule has 0 aromatic carbocycles. The second kappa shape index (κ2) is 6.23. The van der Waals surface area contributed by atoms with E-state index >= 15 is 0 Å². The Kier molecular flexibility index (Phi) is 5.61. The Hall–Kier alpha value is 0.0664. The number of amides is 1. The van der Waals surface area contributed by atoms with E-state index in [4.69, 9.17) is 5.11 Å². The fourth-order valence-electron chi connectivity index (χ4n) is 1.90. The first-order chi connectivity index (χ1) is 8.30. The number of carboxylic acids is 1. The van der Waals surface area contributed by atoms with Crippen molar-refractivity contribution in [1.29, 1.82) is 0 Å². The molecule has 0 radical (unpaired) electrons. The predicted molar refractivity (Wildman–Crippen MR) is 60.2 cm³/mol. The summed E-state index contributed by atoms with van der Waals surface area (Å²) in [6.45, 7) is 0.885. The molecule has 1 atom stereocenters. The van der Waals surface area contributed by atoms with Gasteiger partial charge in [-0.1, -0.05) is 0 Å². The zero-order valence-corrected chi connectivity index (χ0v) is 14.3. The Morgan fingerprint density at radius 1 is 1.63 bits per heavy atom. The first-order valence-electron chi connectivity index (χ1n) is 5.18. The van der Waals surface area contributed by atoms with Crippen molar-refractivity contribution in [2.24, 2.45) is 0 Å². The number of carboxylic acid groups (broad SMARTS) is 1. The summed E-state index contributed by atoms with van der Waals surface area (Å²) >= 11 is 0.800. The van der Waals surface area contributed by atoms with Crippen LogP contribution < -0.4 is 51.4 Å². The fraction of sp³-hybridized carbons (Fsp3) is 0.500. The van der Waals surface area contributed by atoms with E-state index in [-0.39, 0.29) is 69.9 Å². The first kappa shape index (κ1) is 17.1. The van der Waals surface area contributed by atoms with Crippen LogP contribution in [0.1, 0.15) is 35.1 Å². The number of thiazole rings is 1. The van der Waals surface area contributed by atoms with Gasteiger partial charge in [-0.2, -0.15) is 0 Å². The second-order valence-corrected chi connectivity index (χ2v) is 5.04. The molecule has 0 unspecified atom stereocenters. The average molecular weight is 316 g/mol. The summed E-state index contributed by atoms with van der Waals surface area (Å²) < 4.78 is 26.3. The molecule has 1 aliphatic heterocycles. The molecular weight excluding hydrogens is 305 g/mol. The van der Waals surface area contributed by atoms with Crippen molar-refractivity contribution in [3.63, 3.8) is 0 Å². The molecule has 5 nitrogen and oxygen atoms in total. The Labute approximate surface area is 155 Å². The molecule has 1 fully saturated rings. The molecule has 2 rings (SSSR count). The van der Waals surface area contributed by atoms with Gasteiger partial charge in [-0.05, 0) is 6.92 Å². The van der Waals surface area contributed by atoms with Crippen LogP contribution in [0.25, 0.3) is 0 Å². The third-order valence-electron chi connectivity index (χ3n) is 2.69. The number of carbonyl (C=O) groups is 2. The third kappa shape index (κ3) is 3.79. The molecule has 1 N–H and O–H groups in total. The molecule has 0 aliphatic carbocycles. The molecule has 2 heterocycles. The summed E-state index contributed by atoms with van der Waals surface area (Å²) in [6, 6.07) is -0.581. The molecular formula is C10H11F2KN2O3S. The Morgan fingerprint density at radius 3 is 2.68 bits per heavy atom. The molecule has 1 saturated heterocycles. The van der Waals surface area contributed by atoms with Crippen molar-refractivity contribution in [3.8, 4) is 0 Å². The van der Waals surface area contributed by atoms with Gasteiger partial charge in [0.05, 0.1) is 6.54 Å². The summed E-state index contributed by atoms with van der Waals surface area (Å²) in [5.74, 6) is -4.77. The van der Waals surface area contributed by atoms with Gasteiger partial charge in [0.25, 0.3) is 11.8 Å². The number of likely N-dealkylation sites (tertiary alicyclic amines) is 1. The molecule has 1 aromatic heterocycles. The molecule has 1 amide bonds. The maximum atomic E-state index is 13.1. The van der Waals surface area contributed by atoms with Gasteiger partial charge in [0.15, 0.2) is 0 Å². The summed E-state index contributed by atoms with van der Waals surface area (Å²) in [5.41, 5.74) is -0.0954. The van der Waals surface area contributed by atoms with E-state index in [2.05, 4.69) is 4.98 Å². The minimum Gasteiger partial charge on any atom is -1.00 e. The van der Waals surface area contributed by atoms with Crippen LogP contribution in [-0.4, -0.2) is 45.4 Å². The first-order valence-corrected chi connectivity index (χ1v) is 6.06. The second-order valence-electron chi connectivity index (χ2n) is 4.19. The monoisotopic (exact) mass is 316 g/mol. The Morgan fingerprint density at radius 2 is 2.26 bits per heavy atom. The maximum Gasteiger partial charge on any atom is 1.00 e. The minimum absolute atomic E-state index is 0. The van der Waals surface area contributed by atoms with E-state index < -0.39 is 30.4 Å². The van der Waals surface area contributed by atoms with Crippen molar-refractivity contribution in [2.45, 2.75) is 25.3 Å². The standard InChI is InChI=1S/C10H10F2N2O3S.K.H/c1-5-2-10(11,12)4-14(5)8(15)6-3-18-7(13-6)9(16)17;;/h3,5H,2,4H2,1H3,(H,16,17);;/q;+1;-1/t5-;;/m0../s1. The molecule has 19 heavy (non-hydrogen) atoms. The quantitative estimate of drug-likeness (QED) is 0.698. The van der Waals surface area contributed by atoms with Crippen molar-refractivity contribution in [3.05, 3.63) is 16.1 Å². The molecule has 0 bridgehead atoms. The number of halogens is 2. The van der Waals surface area contributed by atoms with Gasteiger partial charge in [0.2, 0.25) is 5.01 Å². The zero-order chi connectivity index (χ0) is 13.5. The van der Waals surface area contributed by atoms with Crippen molar-refractivity contribution in [2.75, 3.05) is 6.54 Å². The van der Waals surface area contributed by atoms with Crippen molar-refractivity contribution < 1.29 is 76.3 Å².